The number of nitriles is 1. The van der Waals surface area contributed by atoms with Gasteiger partial charge in [-0.2, -0.15) is 9.65 Å². The summed E-state index contributed by atoms with van der Waals surface area (Å²) >= 11 is 0. The zero-order chi connectivity index (χ0) is 22.1. The second kappa shape index (κ2) is 11.8. The van der Waals surface area contributed by atoms with Crippen molar-refractivity contribution in [1.29, 1.82) is 5.26 Å². The van der Waals surface area contributed by atoms with Crippen molar-refractivity contribution in [3.05, 3.63) is 64.7 Å². The zero-order valence-corrected chi connectivity index (χ0v) is 18.2. The van der Waals surface area contributed by atoms with Crippen molar-refractivity contribution in [3.63, 3.8) is 0 Å². The Morgan fingerprint density at radius 1 is 0.935 bits per heavy atom. The zero-order valence-electron chi connectivity index (χ0n) is 18.2. The van der Waals surface area contributed by atoms with Gasteiger partial charge in [0.25, 0.3) is 0 Å². The topological polar surface area (TPSA) is 42.2 Å². The molecule has 0 radical (unpaired) electrons. The molecule has 0 unspecified atom stereocenters. The number of nitrogens with zero attached hydrogens (tertiary/aromatic N) is 1. The van der Waals surface area contributed by atoms with E-state index in [-0.39, 0.29) is 17.9 Å². The highest BCUT2D eigenvalue weighted by Crippen LogP contribution is 2.34. The normalized spacial score (nSPS) is 18.5. The van der Waals surface area contributed by atoms with E-state index in [9.17, 15) is 8.78 Å². The molecule has 3 nitrogen and oxygen atoms in total. The van der Waals surface area contributed by atoms with Crippen molar-refractivity contribution in [2.75, 3.05) is 6.61 Å². The summed E-state index contributed by atoms with van der Waals surface area (Å²) in [6.07, 6.45) is 9.83. The summed E-state index contributed by atoms with van der Waals surface area (Å²) in [5, 5.41) is 8.75. The molecule has 0 aromatic heterocycles. The lowest BCUT2D eigenvalue weighted by Gasteiger charge is -2.29. The Bertz CT molecular complexity index is 868. The third-order valence-electron chi connectivity index (χ3n) is 6.04. The largest absolute Gasteiger partial charge is 0.486 e. The molecule has 0 atom stereocenters. The van der Waals surface area contributed by atoms with E-state index >= 15 is 0 Å². The van der Waals surface area contributed by atoms with Crippen LogP contribution in [0.3, 0.4) is 0 Å². The summed E-state index contributed by atoms with van der Waals surface area (Å²) in [6, 6.07) is 12.3. The number of rotatable bonds is 10. The first-order valence-electron chi connectivity index (χ1n) is 11.3. The molecule has 0 saturated heterocycles. The molecular formula is C26H31F2NO2. The van der Waals surface area contributed by atoms with E-state index in [1.807, 2.05) is 12.1 Å². The molecule has 2 aromatic rings. The van der Waals surface area contributed by atoms with E-state index < -0.39 is 11.6 Å². The SMILES string of the molecule is CCCCCCO[C@H]1CC[C@H](c2ccc(COc3ccc(C#N)c(F)c3F)cc2)CC1. The van der Waals surface area contributed by atoms with Crippen LogP contribution < -0.4 is 4.74 Å². The molecule has 3 rings (SSSR count). The predicted octanol–water partition coefficient (Wildman–Crippen LogP) is 7.04. The van der Waals surface area contributed by atoms with Crippen LogP contribution in [0, 0.1) is 23.0 Å². The maximum absolute atomic E-state index is 14.0. The molecule has 5 heteroatoms. The molecule has 31 heavy (non-hydrogen) atoms. The average molecular weight is 428 g/mol. The van der Waals surface area contributed by atoms with Crippen molar-refractivity contribution < 1.29 is 18.3 Å². The number of benzene rings is 2. The fourth-order valence-electron chi connectivity index (χ4n) is 4.12. The Hall–Kier alpha value is -2.45. The molecule has 0 bridgehead atoms. The minimum absolute atomic E-state index is 0.140. The van der Waals surface area contributed by atoms with Gasteiger partial charge in [-0.05, 0) is 61.3 Å². The van der Waals surface area contributed by atoms with E-state index in [4.69, 9.17) is 14.7 Å². The maximum atomic E-state index is 14.0. The third kappa shape index (κ3) is 6.51. The minimum atomic E-state index is -1.17. The van der Waals surface area contributed by atoms with Gasteiger partial charge in [-0.3, -0.25) is 0 Å². The first kappa shape index (κ1) is 23.2. The molecular weight excluding hydrogens is 396 g/mol. The lowest BCUT2D eigenvalue weighted by atomic mass is 9.82. The molecule has 0 spiro atoms. The van der Waals surface area contributed by atoms with Gasteiger partial charge in [-0.15, -0.1) is 0 Å². The standard InChI is InChI=1S/C26H31F2NO2/c1-2-3-4-5-16-30-23-13-10-21(11-14-23)20-8-6-19(7-9-20)18-31-24-15-12-22(17-29)25(27)26(24)28/h6-9,12,15,21,23H,2-5,10-11,13-14,16,18H2,1H3/t21-,23-. The summed E-state index contributed by atoms with van der Waals surface area (Å²) in [5.74, 6) is -1.94. The number of ether oxygens (including phenoxy) is 2. The highest BCUT2D eigenvalue weighted by atomic mass is 19.2. The quantitative estimate of drug-likeness (QED) is 0.382. The molecule has 0 aliphatic heterocycles. The number of hydrogen-bond donors (Lipinski definition) is 0. The monoisotopic (exact) mass is 427 g/mol. The van der Waals surface area contributed by atoms with Crippen molar-refractivity contribution in [2.45, 2.75) is 76.9 Å². The second-order valence-electron chi connectivity index (χ2n) is 8.29. The van der Waals surface area contributed by atoms with E-state index in [0.717, 1.165) is 44.3 Å². The van der Waals surface area contributed by atoms with Crippen LogP contribution in [0.2, 0.25) is 0 Å². The Kier molecular flexibility index (Phi) is 8.85. The van der Waals surface area contributed by atoms with Crippen LogP contribution >= 0.6 is 0 Å². The summed E-state index contributed by atoms with van der Waals surface area (Å²) in [5.41, 5.74) is 1.86. The highest BCUT2D eigenvalue weighted by Gasteiger charge is 2.22. The Balaban J connectivity index is 1.45. The van der Waals surface area contributed by atoms with Crippen LogP contribution in [-0.2, 0) is 11.3 Å². The van der Waals surface area contributed by atoms with Crippen molar-refractivity contribution in [2.24, 2.45) is 0 Å². The first-order chi connectivity index (χ1) is 15.1. The van der Waals surface area contributed by atoms with Crippen molar-refractivity contribution >= 4 is 0 Å². The Morgan fingerprint density at radius 2 is 1.68 bits per heavy atom. The highest BCUT2D eigenvalue weighted by molar-refractivity contribution is 5.38. The van der Waals surface area contributed by atoms with Gasteiger partial charge < -0.3 is 9.47 Å². The van der Waals surface area contributed by atoms with Crippen LogP contribution in [-0.4, -0.2) is 12.7 Å². The molecule has 1 saturated carbocycles. The molecule has 166 valence electrons. The van der Waals surface area contributed by atoms with E-state index in [2.05, 4.69) is 19.1 Å². The van der Waals surface area contributed by atoms with Gasteiger partial charge in [0.1, 0.15) is 12.7 Å². The van der Waals surface area contributed by atoms with Crippen LogP contribution in [0.4, 0.5) is 8.78 Å². The predicted molar refractivity (Wildman–Crippen MR) is 117 cm³/mol. The molecule has 0 amide bonds. The van der Waals surface area contributed by atoms with Crippen LogP contribution in [0.25, 0.3) is 0 Å². The molecule has 0 heterocycles. The summed E-state index contributed by atoms with van der Waals surface area (Å²) in [4.78, 5) is 0. The molecule has 0 N–H and O–H groups in total. The summed E-state index contributed by atoms with van der Waals surface area (Å²) < 4.78 is 39.1. The number of halogens is 2. The van der Waals surface area contributed by atoms with Gasteiger partial charge in [0.05, 0.1) is 11.7 Å². The van der Waals surface area contributed by atoms with Crippen LogP contribution in [0.15, 0.2) is 36.4 Å². The first-order valence-corrected chi connectivity index (χ1v) is 11.3. The Labute approximate surface area is 184 Å². The van der Waals surface area contributed by atoms with Crippen LogP contribution in [0.5, 0.6) is 5.75 Å². The molecule has 2 aromatic carbocycles. The van der Waals surface area contributed by atoms with Gasteiger partial charge in [0, 0.05) is 6.61 Å². The summed E-state index contributed by atoms with van der Waals surface area (Å²) in [7, 11) is 0. The number of hydrogen-bond acceptors (Lipinski definition) is 3. The van der Waals surface area contributed by atoms with Gasteiger partial charge >= 0.3 is 0 Å². The van der Waals surface area contributed by atoms with E-state index in [1.54, 1.807) is 6.07 Å². The number of unbranched alkanes of at least 4 members (excludes halogenated alkanes) is 3. The van der Waals surface area contributed by atoms with Gasteiger partial charge in [-0.1, -0.05) is 50.5 Å². The third-order valence-corrected chi connectivity index (χ3v) is 6.04. The lowest BCUT2D eigenvalue weighted by molar-refractivity contribution is 0.0226. The minimum Gasteiger partial charge on any atom is -0.486 e. The van der Waals surface area contributed by atoms with Gasteiger partial charge in [0.15, 0.2) is 11.6 Å². The molecule has 1 aliphatic carbocycles. The molecule has 1 fully saturated rings. The summed E-state index contributed by atoms with van der Waals surface area (Å²) in [6.45, 7) is 3.24. The van der Waals surface area contributed by atoms with Gasteiger partial charge in [-0.25, -0.2) is 4.39 Å². The fraction of sp³-hybridized carbons (Fsp3) is 0.500. The van der Waals surface area contributed by atoms with Crippen molar-refractivity contribution in [1.82, 2.24) is 0 Å². The molecule has 1 aliphatic rings. The fourth-order valence-corrected chi connectivity index (χ4v) is 4.12. The smallest absolute Gasteiger partial charge is 0.202 e. The van der Waals surface area contributed by atoms with Crippen LogP contribution in [0.1, 0.15) is 80.9 Å². The lowest BCUT2D eigenvalue weighted by Crippen LogP contribution is -2.21. The van der Waals surface area contributed by atoms with Crippen molar-refractivity contribution in [3.8, 4) is 11.8 Å². The maximum Gasteiger partial charge on any atom is 0.202 e. The Morgan fingerprint density at radius 3 is 2.35 bits per heavy atom. The second-order valence-corrected chi connectivity index (χ2v) is 8.29. The van der Waals surface area contributed by atoms with E-state index in [1.165, 1.54) is 37.0 Å². The average Bonchev–Trinajstić information content (AvgIpc) is 2.81. The van der Waals surface area contributed by atoms with E-state index in [0.29, 0.717) is 12.0 Å². The van der Waals surface area contributed by atoms with Gasteiger partial charge in [0.2, 0.25) is 5.82 Å².